The number of nitrogens with zero attached hydrogens (tertiary/aromatic N) is 1. The number of fused-ring (bicyclic) bond motifs is 1. The Morgan fingerprint density at radius 3 is 2.62 bits per heavy atom. The standard InChI is InChI=1S/C18H19N3O3S2/c22-17(19-11-6-12-25-14-7-2-1-3-8-14)13-20-18-15-9-4-5-10-16(15)26(23,24)21-18/h1-5,7-10H,6,11-13H2,(H,19,22)(H,20,21). The van der Waals surface area contributed by atoms with Gasteiger partial charge in [-0.3, -0.25) is 14.5 Å². The van der Waals surface area contributed by atoms with E-state index < -0.39 is 10.0 Å². The summed E-state index contributed by atoms with van der Waals surface area (Å²) in [6.07, 6.45) is 0.845. The molecule has 2 N–H and O–H groups in total. The second kappa shape index (κ2) is 8.37. The Bertz CT molecular complexity index is 912. The van der Waals surface area contributed by atoms with Crippen LogP contribution in [0.4, 0.5) is 0 Å². The topological polar surface area (TPSA) is 87.6 Å². The van der Waals surface area contributed by atoms with Crippen molar-refractivity contribution in [1.82, 2.24) is 10.0 Å². The molecular formula is C18H19N3O3S2. The number of carbonyl (C=O) groups is 1. The van der Waals surface area contributed by atoms with Gasteiger partial charge in [-0.1, -0.05) is 30.3 Å². The van der Waals surface area contributed by atoms with Crippen LogP contribution in [0.1, 0.15) is 12.0 Å². The highest BCUT2D eigenvalue weighted by molar-refractivity contribution is 7.99. The van der Waals surface area contributed by atoms with Crippen molar-refractivity contribution >= 4 is 33.5 Å². The lowest BCUT2D eigenvalue weighted by atomic mass is 10.2. The fourth-order valence-electron chi connectivity index (χ4n) is 2.46. The molecule has 0 unspecified atom stereocenters. The summed E-state index contributed by atoms with van der Waals surface area (Å²) in [6, 6.07) is 16.7. The van der Waals surface area contributed by atoms with Gasteiger partial charge in [-0.25, -0.2) is 8.42 Å². The van der Waals surface area contributed by atoms with Crippen molar-refractivity contribution < 1.29 is 13.2 Å². The quantitative estimate of drug-likeness (QED) is 0.560. The molecule has 0 atom stereocenters. The molecule has 0 aromatic heterocycles. The monoisotopic (exact) mass is 389 g/mol. The number of rotatable bonds is 7. The molecular weight excluding hydrogens is 370 g/mol. The molecule has 136 valence electrons. The predicted molar refractivity (Wildman–Crippen MR) is 103 cm³/mol. The van der Waals surface area contributed by atoms with Crippen molar-refractivity contribution in [3.05, 3.63) is 60.2 Å². The molecule has 1 aliphatic rings. The molecule has 0 aliphatic carbocycles. The van der Waals surface area contributed by atoms with E-state index in [2.05, 4.69) is 27.2 Å². The number of benzene rings is 2. The SMILES string of the molecule is O=C(CN=C1NS(=O)(=O)c2ccccc21)NCCCSc1ccccc1. The average molecular weight is 390 g/mol. The van der Waals surface area contributed by atoms with Gasteiger partial charge >= 0.3 is 0 Å². The highest BCUT2D eigenvalue weighted by Crippen LogP contribution is 2.22. The van der Waals surface area contributed by atoms with Crippen LogP contribution in [0, 0.1) is 0 Å². The molecule has 1 amide bonds. The first-order chi connectivity index (χ1) is 12.6. The average Bonchev–Trinajstić information content (AvgIpc) is 2.91. The largest absolute Gasteiger partial charge is 0.354 e. The Morgan fingerprint density at radius 1 is 1.08 bits per heavy atom. The third kappa shape index (κ3) is 4.64. The predicted octanol–water partition coefficient (Wildman–Crippen LogP) is 2.02. The van der Waals surface area contributed by atoms with Crippen molar-refractivity contribution in [2.45, 2.75) is 16.2 Å². The second-order valence-electron chi connectivity index (χ2n) is 5.63. The van der Waals surface area contributed by atoms with E-state index in [0.717, 1.165) is 12.2 Å². The molecule has 0 radical (unpaired) electrons. The fraction of sp³-hybridized carbons (Fsp3) is 0.222. The van der Waals surface area contributed by atoms with Crippen molar-refractivity contribution in [1.29, 1.82) is 0 Å². The normalized spacial score (nSPS) is 16.1. The van der Waals surface area contributed by atoms with E-state index in [1.807, 2.05) is 18.2 Å². The number of thioether (sulfide) groups is 1. The molecule has 6 nitrogen and oxygen atoms in total. The van der Waals surface area contributed by atoms with Gasteiger partial charge < -0.3 is 5.32 Å². The fourth-order valence-corrected chi connectivity index (χ4v) is 4.59. The number of sulfonamides is 1. The zero-order chi connectivity index (χ0) is 18.4. The molecule has 0 bridgehead atoms. The van der Waals surface area contributed by atoms with Crippen molar-refractivity contribution in [3.63, 3.8) is 0 Å². The smallest absolute Gasteiger partial charge is 0.263 e. The Balaban J connectivity index is 1.44. The zero-order valence-corrected chi connectivity index (χ0v) is 15.6. The number of hydrogen-bond donors (Lipinski definition) is 2. The van der Waals surface area contributed by atoms with Gasteiger partial charge in [0.2, 0.25) is 5.91 Å². The Hall–Kier alpha value is -2.32. The van der Waals surface area contributed by atoms with E-state index in [0.29, 0.717) is 12.1 Å². The van der Waals surface area contributed by atoms with Crippen LogP contribution in [-0.2, 0) is 14.8 Å². The number of aliphatic imine (C=N–C) groups is 1. The first-order valence-corrected chi connectivity index (χ1v) is 10.6. The Labute approximate surface area is 157 Å². The summed E-state index contributed by atoms with van der Waals surface area (Å²) in [4.78, 5) is 17.4. The van der Waals surface area contributed by atoms with Gasteiger partial charge in [-0.05, 0) is 36.4 Å². The molecule has 0 saturated heterocycles. The number of amidine groups is 1. The molecule has 8 heteroatoms. The molecule has 0 spiro atoms. The number of nitrogens with one attached hydrogen (secondary N) is 2. The molecule has 2 aromatic rings. The first kappa shape index (κ1) is 18.5. The van der Waals surface area contributed by atoms with Crippen LogP contribution in [0.3, 0.4) is 0 Å². The summed E-state index contributed by atoms with van der Waals surface area (Å²) in [5.41, 5.74) is 0.500. The Morgan fingerprint density at radius 2 is 1.81 bits per heavy atom. The van der Waals surface area contributed by atoms with E-state index in [1.165, 1.54) is 11.0 Å². The molecule has 0 fully saturated rings. The first-order valence-electron chi connectivity index (χ1n) is 8.17. The highest BCUT2D eigenvalue weighted by Gasteiger charge is 2.30. The van der Waals surface area contributed by atoms with Gasteiger partial charge in [0.25, 0.3) is 10.0 Å². The van der Waals surface area contributed by atoms with Gasteiger partial charge in [-0.2, -0.15) is 0 Å². The second-order valence-corrected chi connectivity index (χ2v) is 8.45. The van der Waals surface area contributed by atoms with Gasteiger partial charge in [0, 0.05) is 17.0 Å². The lowest BCUT2D eigenvalue weighted by molar-refractivity contribution is -0.119. The van der Waals surface area contributed by atoms with E-state index in [9.17, 15) is 13.2 Å². The van der Waals surface area contributed by atoms with Crippen molar-refractivity contribution in [2.24, 2.45) is 4.99 Å². The maximum absolute atomic E-state index is 12.0. The minimum Gasteiger partial charge on any atom is -0.354 e. The number of carbonyl (C=O) groups excluding carboxylic acids is 1. The number of amides is 1. The summed E-state index contributed by atoms with van der Waals surface area (Å²) in [7, 11) is -3.57. The summed E-state index contributed by atoms with van der Waals surface area (Å²) >= 11 is 1.74. The number of hydrogen-bond acceptors (Lipinski definition) is 5. The van der Waals surface area contributed by atoms with Crippen LogP contribution in [0.25, 0.3) is 0 Å². The van der Waals surface area contributed by atoms with Crippen LogP contribution >= 0.6 is 11.8 Å². The van der Waals surface area contributed by atoms with E-state index in [1.54, 1.807) is 30.0 Å². The lowest BCUT2D eigenvalue weighted by Gasteiger charge is -2.04. The van der Waals surface area contributed by atoms with Gasteiger partial charge in [0.05, 0.1) is 4.90 Å². The molecule has 26 heavy (non-hydrogen) atoms. The molecule has 0 saturated carbocycles. The summed E-state index contributed by atoms with van der Waals surface area (Å²) in [6.45, 7) is 0.448. The van der Waals surface area contributed by atoms with E-state index >= 15 is 0 Å². The van der Waals surface area contributed by atoms with Crippen molar-refractivity contribution in [2.75, 3.05) is 18.8 Å². The molecule has 2 aromatic carbocycles. The van der Waals surface area contributed by atoms with Crippen LogP contribution in [0.15, 0.2) is 69.4 Å². The summed E-state index contributed by atoms with van der Waals surface area (Å²) in [5, 5.41) is 2.80. The molecule has 3 rings (SSSR count). The van der Waals surface area contributed by atoms with E-state index in [-0.39, 0.29) is 23.2 Å². The maximum Gasteiger partial charge on any atom is 0.263 e. The lowest BCUT2D eigenvalue weighted by Crippen LogP contribution is -2.29. The van der Waals surface area contributed by atoms with Gasteiger partial charge in [0.15, 0.2) is 0 Å². The zero-order valence-electron chi connectivity index (χ0n) is 14.0. The van der Waals surface area contributed by atoms with Gasteiger partial charge in [-0.15, -0.1) is 11.8 Å². The molecule has 1 heterocycles. The maximum atomic E-state index is 12.0. The van der Waals surface area contributed by atoms with Crippen LogP contribution in [0.5, 0.6) is 0 Å². The third-order valence-corrected chi connectivity index (χ3v) is 6.19. The van der Waals surface area contributed by atoms with Crippen LogP contribution < -0.4 is 10.0 Å². The summed E-state index contributed by atoms with van der Waals surface area (Å²) in [5.74, 6) is 0.896. The summed E-state index contributed by atoms with van der Waals surface area (Å²) < 4.78 is 26.3. The van der Waals surface area contributed by atoms with Gasteiger partial charge in [0.1, 0.15) is 12.4 Å². The van der Waals surface area contributed by atoms with Crippen LogP contribution in [0.2, 0.25) is 0 Å². The third-order valence-electron chi connectivity index (χ3n) is 3.70. The van der Waals surface area contributed by atoms with Crippen LogP contribution in [-0.4, -0.2) is 39.0 Å². The van der Waals surface area contributed by atoms with Crippen molar-refractivity contribution in [3.8, 4) is 0 Å². The molecule has 1 aliphatic heterocycles. The Kier molecular flexibility index (Phi) is 5.95. The minimum atomic E-state index is -3.57. The minimum absolute atomic E-state index is 0.113. The van der Waals surface area contributed by atoms with E-state index in [4.69, 9.17) is 0 Å². The highest BCUT2D eigenvalue weighted by atomic mass is 32.2.